The molecule has 0 radical (unpaired) electrons. The van der Waals surface area contributed by atoms with Gasteiger partial charge in [0.1, 0.15) is 11.7 Å². The van der Waals surface area contributed by atoms with Crippen LogP contribution in [0.4, 0.5) is 0 Å². The first-order valence-electron chi connectivity index (χ1n) is 6.97. The van der Waals surface area contributed by atoms with Gasteiger partial charge < -0.3 is 11.1 Å². The van der Waals surface area contributed by atoms with Crippen LogP contribution in [0.3, 0.4) is 0 Å². The lowest BCUT2D eigenvalue weighted by molar-refractivity contribution is -0.130. The number of rotatable bonds is 4. The summed E-state index contributed by atoms with van der Waals surface area (Å²) in [5, 5.41) is 11.0. The minimum absolute atomic E-state index is 0.139. The van der Waals surface area contributed by atoms with Crippen molar-refractivity contribution in [3.63, 3.8) is 0 Å². The van der Waals surface area contributed by atoms with Crippen LogP contribution in [-0.2, 0) is 4.79 Å². The van der Waals surface area contributed by atoms with E-state index < -0.39 is 17.9 Å². The molecular weight excluding hydrogens is 310 g/mol. The summed E-state index contributed by atoms with van der Waals surface area (Å²) in [5.74, 6) is 4.49. The van der Waals surface area contributed by atoms with Gasteiger partial charge in [-0.15, -0.1) is 0 Å². The normalized spacial score (nSPS) is 10.9. The van der Waals surface area contributed by atoms with E-state index >= 15 is 0 Å². The number of nitrogens with two attached hydrogens (primary N) is 1. The third-order valence-corrected chi connectivity index (χ3v) is 3.01. The molecule has 0 fully saturated rings. The average molecular weight is 325 g/mol. The van der Waals surface area contributed by atoms with Crippen molar-refractivity contribution >= 4 is 11.8 Å². The fraction of sp³-hybridized carbons (Fsp3) is 0.125. The second kappa shape index (κ2) is 8.38. The number of benzene rings is 1. The first kappa shape index (κ1) is 17.1. The Morgan fingerprint density at radius 3 is 2.54 bits per heavy atom. The summed E-state index contributed by atoms with van der Waals surface area (Å²) < 4.78 is 0. The standard InChI is InChI=1S/C16H15N5O3/c17-9-14(16(23)21-24)20-15(22)12-4-1-11(2-5-12)3-6-13-10-18-7-8-19-13/h1-2,4-5,7-8,10,14,24H,9,17H2,(H,20,22)(H,21,23)/t14-/m0/s1. The van der Waals surface area contributed by atoms with Crippen LogP contribution >= 0.6 is 0 Å². The zero-order valence-electron chi connectivity index (χ0n) is 12.6. The number of hydroxylamine groups is 1. The number of nitrogens with zero attached hydrogens (tertiary/aromatic N) is 2. The molecule has 1 atom stereocenters. The molecule has 122 valence electrons. The number of nitrogens with one attached hydrogen (secondary N) is 2. The second-order valence-electron chi connectivity index (χ2n) is 4.66. The Morgan fingerprint density at radius 1 is 1.21 bits per heavy atom. The largest absolute Gasteiger partial charge is 0.339 e. The highest BCUT2D eigenvalue weighted by Gasteiger charge is 2.19. The number of amides is 2. The first-order chi connectivity index (χ1) is 11.6. The van der Waals surface area contributed by atoms with E-state index in [1.54, 1.807) is 42.9 Å². The van der Waals surface area contributed by atoms with Gasteiger partial charge in [0, 0.05) is 30.1 Å². The van der Waals surface area contributed by atoms with Gasteiger partial charge in [-0.3, -0.25) is 19.8 Å². The molecule has 0 aliphatic carbocycles. The highest BCUT2D eigenvalue weighted by Crippen LogP contribution is 2.04. The average Bonchev–Trinajstić information content (AvgIpc) is 2.64. The molecule has 0 bridgehead atoms. The minimum atomic E-state index is -1.02. The van der Waals surface area contributed by atoms with Gasteiger partial charge in [0.15, 0.2) is 0 Å². The number of carbonyl (C=O) groups is 2. The molecule has 0 saturated heterocycles. The Bertz CT molecular complexity index is 766. The van der Waals surface area contributed by atoms with Gasteiger partial charge in [0.25, 0.3) is 11.8 Å². The van der Waals surface area contributed by atoms with E-state index in [4.69, 9.17) is 10.9 Å². The van der Waals surface area contributed by atoms with Gasteiger partial charge in [0.2, 0.25) is 0 Å². The lowest BCUT2D eigenvalue weighted by atomic mass is 10.1. The van der Waals surface area contributed by atoms with Gasteiger partial charge in [-0.1, -0.05) is 5.92 Å². The third kappa shape index (κ3) is 4.61. The molecular formula is C16H15N5O3. The topological polar surface area (TPSA) is 130 Å². The first-order valence-corrected chi connectivity index (χ1v) is 6.97. The molecule has 2 aromatic rings. The number of aromatic nitrogens is 2. The molecule has 1 aromatic carbocycles. The quantitative estimate of drug-likeness (QED) is 0.339. The van der Waals surface area contributed by atoms with Crippen molar-refractivity contribution in [2.75, 3.05) is 6.54 Å². The third-order valence-electron chi connectivity index (χ3n) is 3.01. The van der Waals surface area contributed by atoms with E-state index in [0.717, 1.165) is 0 Å². The van der Waals surface area contributed by atoms with Crippen molar-refractivity contribution in [3.8, 4) is 11.8 Å². The summed E-state index contributed by atoms with van der Waals surface area (Å²) in [6, 6.07) is 5.46. The van der Waals surface area contributed by atoms with Crippen molar-refractivity contribution in [1.82, 2.24) is 20.8 Å². The minimum Gasteiger partial charge on any atom is -0.339 e. The highest BCUT2D eigenvalue weighted by atomic mass is 16.5. The molecule has 0 saturated carbocycles. The molecule has 2 rings (SSSR count). The molecule has 8 nitrogen and oxygen atoms in total. The lowest BCUT2D eigenvalue weighted by Gasteiger charge is -2.14. The second-order valence-corrected chi connectivity index (χ2v) is 4.66. The monoisotopic (exact) mass is 325 g/mol. The SMILES string of the molecule is NC[C@H](NC(=O)c1ccc(C#Cc2cnccn2)cc1)C(=O)NO. The Balaban J connectivity index is 2.05. The molecule has 0 spiro atoms. The fourth-order valence-electron chi connectivity index (χ4n) is 1.76. The smallest absolute Gasteiger partial charge is 0.267 e. The molecule has 8 heteroatoms. The van der Waals surface area contributed by atoms with E-state index in [9.17, 15) is 9.59 Å². The molecule has 5 N–H and O–H groups in total. The Labute approximate surface area is 138 Å². The molecule has 1 heterocycles. The van der Waals surface area contributed by atoms with Crippen LogP contribution in [0, 0.1) is 11.8 Å². The van der Waals surface area contributed by atoms with Crippen molar-refractivity contribution in [2.45, 2.75) is 6.04 Å². The van der Waals surface area contributed by atoms with Crippen LogP contribution < -0.4 is 16.5 Å². The Morgan fingerprint density at radius 2 is 1.96 bits per heavy atom. The van der Waals surface area contributed by atoms with Crippen LogP contribution in [0.25, 0.3) is 0 Å². The van der Waals surface area contributed by atoms with Crippen molar-refractivity contribution < 1.29 is 14.8 Å². The maximum atomic E-state index is 12.0. The van der Waals surface area contributed by atoms with E-state index in [1.165, 1.54) is 5.48 Å². The molecule has 0 unspecified atom stereocenters. The van der Waals surface area contributed by atoms with Gasteiger partial charge in [-0.05, 0) is 30.2 Å². The zero-order chi connectivity index (χ0) is 17.4. The van der Waals surface area contributed by atoms with Crippen molar-refractivity contribution in [2.24, 2.45) is 5.73 Å². The summed E-state index contributed by atoms with van der Waals surface area (Å²) in [4.78, 5) is 31.3. The fourth-order valence-corrected chi connectivity index (χ4v) is 1.76. The summed E-state index contributed by atoms with van der Waals surface area (Å²) >= 11 is 0. The Hall–Kier alpha value is -3.28. The molecule has 1 aromatic heterocycles. The maximum Gasteiger partial charge on any atom is 0.267 e. The van der Waals surface area contributed by atoms with Gasteiger partial charge in [-0.2, -0.15) is 0 Å². The molecule has 0 aliphatic heterocycles. The van der Waals surface area contributed by atoms with Gasteiger partial charge in [-0.25, -0.2) is 10.5 Å². The van der Waals surface area contributed by atoms with Crippen molar-refractivity contribution in [3.05, 3.63) is 59.7 Å². The predicted octanol–water partition coefficient (Wildman–Crippen LogP) is -0.561. The van der Waals surface area contributed by atoms with E-state index in [1.807, 2.05) is 0 Å². The summed E-state index contributed by atoms with van der Waals surface area (Å²) in [5.41, 5.74) is 8.40. The zero-order valence-corrected chi connectivity index (χ0v) is 12.6. The van der Waals surface area contributed by atoms with Crippen LogP contribution in [0.1, 0.15) is 21.6 Å². The van der Waals surface area contributed by atoms with Crippen LogP contribution in [-0.4, -0.2) is 39.6 Å². The predicted molar refractivity (Wildman–Crippen MR) is 84.7 cm³/mol. The van der Waals surface area contributed by atoms with Crippen LogP contribution in [0.5, 0.6) is 0 Å². The summed E-state index contributed by atoms with van der Waals surface area (Å²) in [6.07, 6.45) is 4.66. The van der Waals surface area contributed by atoms with E-state index in [0.29, 0.717) is 16.8 Å². The molecule has 2 amide bonds. The molecule has 24 heavy (non-hydrogen) atoms. The van der Waals surface area contributed by atoms with Crippen LogP contribution in [0.15, 0.2) is 42.9 Å². The Kier molecular flexibility index (Phi) is 5.96. The van der Waals surface area contributed by atoms with Crippen LogP contribution in [0.2, 0.25) is 0 Å². The summed E-state index contributed by atoms with van der Waals surface area (Å²) in [6.45, 7) is -0.139. The highest BCUT2D eigenvalue weighted by molar-refractivity contribution is 5.97. The number of hydrogen-bond donors (Lipinski definition) is 4. The number of carbonyl (C=O) groups excluding carboxylic acids is 2. The van der Waals surface area contributed by atoms with Gasteiger partial charge >= 0.3 is 0 Å². The summed E-state index contributed by atoms with van der Waals surface area (Å²) in [7, 11) is 0. The maximum absolute atomic E-state index is 12.0. The van der Waals surface area contributed by atoms with E-state index in [2.05, 4.69) is 27.1 Å². The number of hydrogen-bond acceptors (Lipinski definition) is 6. The van der Waals surface area contributed by atoms with E-state index in [-0.39, 0.29) is 6.54 Å². The lowest BCUT2D eigenvalue weighted by Crippen LogP contribution is -2.50. The molecule has 0 aliphatic rings. The van der Waals surface area contributed by atoms with Crippen molar-refractivity contribution in [1.29, 1.82) is 0 Å². The van der Waals surface area contributed by atoms with Gasteiger partial charge in [0.05, 0.1) is 6.20 Å².